The van der Waals surface area contributed by atoms with Gasteiger partial charge in [-0.25, -0.2) is 12.7 Å². The molecule has 0 aliphatic carbocycles. The Balaban J connectivity index is 1.85. The summed E-state index contributed by atoms with van der Waals surface area (Å²) in [6, 6.07) is 4.76. The van der Waals surface area contributed by atoms with Crippen molar-refractivity contribution in [1.82, 2.24) is 9.62 Å². The molecular formula is C16H22Cl2N2O4S. The first kappa shape index (κ1) is 20.5. The van der Waals surface area contributed by atoms with Crippen LogP contribution in [0.5, 0.6) is 0 Å². The van der Waals surface area contributed by atoms with E-state index in [1.54, 1.807) is 25.1 Å². The zero-order valence-corrected chi connectivity index (χ0v) is 16.2. The largest absolute Gasteiger partial charge is 0.387 e. The number of amides is 1. The second-order valence-corrected chi connectivity index (χ2v) is 9.17. The maximum absolute atomic E-state index is 12.3. The van der Waals surface area contributed by atoms with Gasteiger partial charge in [-0.1, -0.05) is 23.2 Å². The van der Waals surface area contributed by atoms with E-state index in [1.165, 1.54) is 4.31 Å². The van der Waals surface area contributed by atoms with E-state index in [4.69, 9.17) is 23.2 Å². The molecule has 0 bridgehead atoms. The molecule has 0 radical (unpaired) electrons. The van der Waals surface area contributed by atoms with E-state index < -0.39 is 16.1 Å². The van der Waals surface area contributed by atoms with Crippen molar-refractivity contribution in [3.05, 3.63) is 33.8 Å². The number of aliphatic hydroxyl groups is 1. The van der Waals surface area contributed by atoms with Crippen LogP contribution < -0.4 is 5.32 Å². The summed E-state index contributed by atoms with van der Waals surface area (Å²) in [6.07, 6.45) is 0.0367. The minimum Gasteiger partial charge on any atom is -0.387 e. The monoisotopic (exact) mass is 408 g/mol. The number of aliphatic hydroxyl groups excluding tert-OH is 1. The van der Waals surface area contributed by atoms with E-state index in [1.807, 2.05) is 0 Å². The van der Waals surface area contributed by atoms with E-state index in [9.17, 15) is 18.3 Å². The minimum absolute atomic E-state index is 0.0446. The first-order chi connectivity index (χ1) is 11.7. The van der Waals surface area contributed by atoms with Crippen molar-refractivity contribution < 1.29 is 18.3 Å². The number of nitrogens with zero attached hydrogens (tertiary/aromatic N) is 1. The molecule has 0 aromatic heterocycles. The highest BCUT2D eigenvalue weighted by Crippen LogP contribution is 2.24. The number of hydrogen-bond acceptors (Lipinski definition) is 4. The molecule has 0 unspecified atom stereocenters. The molecule has 140 valence electrons. The number of benzene rings is 1. The second kappa shape index (κ2) is 8.68. The van der Waals surface area contributed by atoms with Crippen LogP contribution in [0.3, 0.4) is 0 Å². The van der Waals surface area contributed by atoms with Gasteiger partial charge in [-0.05, 0) is 43.5 Å². The number of halogens is 2. The van der Waals surface area contributed by atoms with Crippen molar-refractivity contribution >= 4 is 39.1 Å². The van der Waals surface area contributed by atoms with Crippen molar-refractivity contribution in [2.24, 2.45) is 5.92 Å². The van der Waals surface area contributed by atoms with E-state index in [2.05, 4.69) is 5.32 Å². The number of carbonyl (C=O) groups is 1. The molecule has 1 fully saturated rings. The van der Waals surface area contributed by atoms with Crippen LogP contribution in [0, 0.1) is 5.92 Å². The number of nitrogens with one attached hydrogen (secondary N) is 1. The SMILES string of the molecule is CCS(=O)(=O)N1CCC(C(=O)NC[C@@H](O)c2cc(Cl)cc(Cl)c2)CC1. The van der Waals surface area contributed by atoms with Crippen LogP contribution in [-0.2, 0) is 14.8 Å². The molecule has 1 saturated heterocycles. The molecule has 2 rings (SSSR count). The van der Waals surface area contributed by atoms with Gasteiger partial charge in [-0.15, -0.1) is 0 Å². The number of piperidine rings is 1. The first-order valence-electron chi connectivity index (χ1n) is 8.12. The number of hydrogen-bond donors (Lipinski definition) is 2. The lowest BCUT2D eigenvalue weighted by atomic mass is 9.97. The lowest BCUT2D eigenvalue weighted by Crippen LogP contribution is -2.44. The van der Waals surface area contributed by atoms with E-state index in [0.29, 0.717) is 41.5 Å². The molecule has 1 heterocycles. The molecule has 25 heavy (non-hydrogen) atoms. The van der Waals surface area contributed by atoms with E-state index >= 15 is 0 Å². The number of rotatable bonds is 6. The van der Waals surface area contributed by atoms with Crippen LogP contribution in [0.2, 0.25) is 10.0 Å². The zero-order chi connectivity index (χ0) is 18.6. The molecule has 1 amide bonds. The second-order valence-electron chi connectivity index (χ2n) is 6.04. The summed E-state index contributed by atoms with van der Waals surface area (Å²) in [4.78, 5) is 12.3. The molecule has 1 aliphatic heterocycles. The summed E-state index contributed by atoms with van der Waals surface area (Å²) in [6.45, 7) is 2.35. The maximum Gasteiger partial charge on any atom is 0.223 e. The molecule has 2 N–H and O–H groups in total. The van der Waals surface area contributed by atoms with E-state index in [-0.39, 0.29) is 24.1 Å². The van der Waals surface area contributed by atoms with Gasteiger partial charge in [0.1, 0.15) is 0 Å². The number of carbonyl (C=O) groups excluding carboxylic acids is 1. The summed E-state index contributed by atoms with van der Waals surface area (Å²) in [7, 11) is -3.20. The van der Waals surface area contributed by atoms with Gasteiger partial charge in [0.05, 0.1) is 11.9 Å². The molecule has 6 nitrogen and oxygen atoms in total. The summed E-state index contributed by atoms with van der Waals surface area (Å²) in [5, 5.41) is 13.7. The maximum atomic E-state index is 12.3. The predicted molar refractivity (Wildman–Crippen MR) is 98.2 cm³/mol. The highest BCUT2D eigenvalue weighted by Gasteiger charge is 2.30. The van der Waals surface area contributed by atoms with Crippen LogP contribution in [0.25, 0.3) is 0 Å². The van der Waals surface area contributed by atoms with Gasteiger partial charge in [0, 0.05) is 35.6 Å². The van der Waals surface area contributed by atoms with Crippen molar-refractivity contribution in [2.75, 3.05) is 25.4 Å². The van der Waals surface area contributed by atoms with Gasteiger partial charge >= 0.3 is 0 Å². The third-order valence-corrected chi connectivity index (χ3v) is 6.64. The van der Waals surface area contributed by atoms with E-state index in [0.717, 1.165) is 0 Å². The third kappa shape index (κ3) is 5.56. The molecular weight excluding hydrogens is 387 g/mol. The molecule has 0 spiro atoms. The fourth-order valence-corrected chi connectivity index (χ4v) is 4.48. The van der Waals surface area contributed by atoms with Gasteiger partial charge in [0.15, 0.2) is 0 Å². The third-order valence-electron chi connectivity index (χ3n) is 4.32. The quantitative estimate of drug-likeness (QED) is 0.754. The van der Waals surface area contributed by atoms with Crippen LogP contribution in [0.15, 0.2) is 18.2 Å². The van der Waals surface area contributed by atoms with Gasteiger partial charge in [0.2, 0.25) is 15.9 Å². The Bertz CT molecular complexity index is 699. The highest BCUT2D eigenvalue weighted by atomic mass is 35.5. The topological polar surface area (TPSA) is 86.7 Å². The summed E-state index contributed by atoms with van der Waals surface area (Å²) in [5.74, 6) is -0.364. The normalized spacial score (nSPS) is 18.1. The Morgan fingerprint density at radius 2 is 1.84 bits per heavy atom. The Labute approximate surface area is 158 Å². The molecule has 1 aliphatic rings. The Hall–Kier alpha value is -0.860. The van der Waals surface area contributed by atoms with Crippen molar-refractivity contribution in [1.29, 1.82) is 0 Å². The van der Waals surface area contributed by atoms with Crippen LogP contribution >= 0.6 is 23.2 Å². The van der Waals surface area contributed by atoms with Crippen LogP contribution in [0.1, 0.15) is 31.4 Å². The standard InChI is InChI=1S/C16H22Cl2N2O4S/c1-2-25(23,24)20-5-3-11(4-6-20)16(22)19-10-15(21)12-7-13(17)9-14(18)8-12/h7-9,11,15,21H,2-6,10H2,1H3,(H,19,22)/t15-/m1/s1. The average molecular weight is 409 g/mol. The average Bonchev–Trinajstić information content (AvgIpc) is 2.58. The highest BCUT2D eigenvalue weighted by molar-refractivity contribution is 7.89. The molecule has 0 saturated carbocycles. The van der Waals surface area contributed by atoms with Crippen molar-refractivity contribution in [3.63, 3.8) is 0 Å². The fourth-order valence-electron chi connectivity index (χ4n) is 2.81. The Kier molecular flexibility index (Phi) is 7.10. The minimum atomic E-state index is -3.20. The summed E-state index contributed by atoms with van der Waals surface area (Å²) in [5.41, 5.74) is 0.529. The zero-order valence-electron chi connectivity index (χ0n) is 13.9. The van der Waals surface area contributed by atoms with Crippen molar-refractivity contribution in [2.45, 2.75) is 25.9 Å². The lowest BCUT2D eigenvalue weighted by Gasteiger charge is -2.30. The smallest absolute Gasteiger partial charge is 0.223 e. The van der Waals surface area contributed by atoms with Gasteiger partial charge in [-0.3, -0.25) is 4.79 Å². The molecule has 1 atom stereocenters. The van der Waals surface area contributed by atoms with Gasteiger partial charge in [0.25, 0.3) is 0 Å². The molecule has 1 aromatic rings. The summed E-state index contributed by atoms with van der Waals surface area (Å²) < 4.78 is 25.1. The Morgan fingerprint density at radius 3 is 2.36 bits per heavy atom. The van der Waals surface area contributed by atoms with Crippen LogP contribution in [0.4, 0.5) is 0 Å². The number of sulfonamides is 1. The van der Waals surface area contributed by atoms with Crippen LogP contribution in [-0.4, -0.2) is 49.1 Å². The first-order valence-corrected chi connectivity index (χ1v) is 10.5. The predicted octanol–water partition coefficient (Wildman–Crippen LogP) is 2.20. The van der Waals surface area contributed by atoms with Gasteiger partial charge in [-0.2, -0.15) is 0 Å². The molecule has 1 aromatic carbocycles. The summed E-state index contributed by atoms with van der Waals surface area (Å²) >= 11 is 11.8. The van der Waals surface area contributed by atoms with Crippen molar-refractivity contribution in [3.8, 4) is 0 Å². The van der Waals surface area contributed by atoms with Gasteiger partial charge < -0.3 is 10.4 Å². The molecule has 9 heteroatoms. The fraction of sp³-hybridized carbons (Fsp3) is 0.562. The lowest BCUT2D eigenvalue weighted by molar-refractivity contribution is -0.126. The Morgan fingerprint density at radius 1 is 1.28 bits per heavy atom.